The first kappa shape index (κ1) is 18.4. The summed E-state index contributed by atoms with van der Waals surface area (Å²) in [6, 6.07) is 7.67. The fraction of sp³-hybridized carbons (Fsp3) is 0.294. The van der Waals surface area contributed by atoms with E-state index < -0.39 is 0 Å². The van der Waals surface area contributed by atoms with Gasteiger partial charge in [-0.25, -0.2) is 0 Å². The minimum atomic E-state index is -0.132. The third-order valence-electron chi connectivity index (χ3n) is 3.84. The summed E-state index contributed by atoms with van der Waals surface area (Å²) in [7, 11) is 0. The Kier molecular flexibility index (Phi) is 5.53. The molecule has 0 aromatic carbocycles. The fourth-order valence-corrected chi connectivity index (χ4v) is 3.87. The van der Waals surface area contributed by atoms with Crippen molar-refractivity contribution in [1.82, 2.24) is 35.3 Å². The second kappa shape index (κ2) is 8.40. The van der Waals surface area contributed by atoms with Crippen LogP contribution >= 0.6 is 22.7 Å². The molecule has 1 amide bonds. The van der Waals surface area contributed by atoms with Crippen molar-refractivity contribution in [3.8, 4) is 21.5 Å². The molecule has 0 unspecified atom stereocenters. The predicted molar refractivity (Wildman–Crippen MR) is 104 cm³/mol. The molecule has 0 bridgehead atoms. The summed E-state index contributed by atoms with van der Waals surface area (Å²) in [4.78, 5) is 17.5. The van der Waals surface area contributed by atoms with Crippen molar-refractivity contribution in [2.75, 3.05) is 6.54 Å². The molecule has 0 fully saturated rings. The lowest BCUT2D eigenvalue weighted by molar-refractivity contribution is -0.133. The molecule has 4 rings (SSSR count). The van der Waals surface area contributed by atoms with Crippen LogP contribution in [-0.4, -0.2) is 47.8 Å². The fourth-order valence-electron chi connectivity index (χ4n) is 2.58. The molecular weight excluding hydrogens is 398 g/mol. The number of hydrogen-bond donors (Lipinski definition) is 0. The highest BCUT2D eigenvalue weighted by molar-refractivity contribution is 7.13. The molecule has 0 spiro atoms. The van der Waals surface area contributed by atoms with Gasteiger partial charge in [0, 0.05) is 6.54 Å². The van der Waals surface area contributed by atoms with E-state index in [0.29, 0.717) is 24.2 Å². The minimum Gasteiger partial charge on any atom is -0.418 e. The van der Waals surface area contributed by atoms with E-state index in [4.69, 9.17) is 4.42 Å². The molecule has 0 atom stereocenters. The van der Waals surface area contributed by atoms with E-state index in [9.17, 15) is 4.79 Å². The highest BCUT2D eigenvalue weighted by Gasteiger charge is 2.19. The maximum atomic E-state index is 12.8. The first-order valence-corrected chi connectivity index (χ1v) is 10.4. The van der Waals surface area contributed by atoms with Gasteiger partial charge in [-0.05, 0) is 34.5 Å². The molecule has 0 N–H and O–H groups in total. The molecule has 0 saturated carbocycles. The largest absolute Gasteiger partial charge is 0.418 e. The van der Waals surface area contributed by atoms with Gasteiger partial charge in [0.15, 0.2) is 0 Å². The summed E-state index contributed by atoms with van der Waals surface area (Å²) in [5, 5.41) is 24.3. The van der Waals surface area contributed by atoms with Crippen LogP contribution in [0.15, 0.2) is 39.4 Å². The number of carbonyl (C=O) groups excluding carboxylic acids is 1. The number of nitrogens with zero attached hydrogens (tertiary/aromatic N) is 7. The van der Waals surface area contributed by atoms with E-state index in [0.717, 1.165) is 16.2 Å². The van der Waals surface area contributed by atoms with E-state index in [1.54, 1.807) is 4.90 Å². The topological polar surface area (TPSA) is 103 Å². The number of amides is 1. The molecule has 4 heterocycles. The average Bonchev–Trinajstić information content (AvgIpc) is 3.48. The van der Waals surface area contributed by atoms with Gasteiger partial charge in [-0.1, -0.05) is 19.1 Å². The van der Waals surface area contributed by atoms with Crippen LogP contribution in [0.3, 0.4) is 0 Å². The van der Waals surface area contributed by atoms with E-state index >= 15 is 0 Å². The highest BCUT2D eigenvalue weighted by Crippen LogP contribution is 2.23. The Morgan fingerprint density at radius 3 is 2.64 bits per heavy atom. The maximum Gasteiger partial charge on any atom is 0.257 e. The molecule has 0 radical (unpaired) electrons. The zero-order valence-corrected chi connectivity index (χ0v) is 16.7. The average molecular weight is 416 g/mol. The van der Waals surface area contributed by atoms with Gasteiger partial charge in [-0.3, -0.25) is 4.79 Å². The Labute approximate surface area is 168 Å². The van der Waals surface area contributed by atoms with Crippen LogP contribution in [0.4, 0.5) is 0 Å². The van der Waals surface area contributed by atoms with Crippen LogP contribution in [0.25, 0.3) is 21.5 Å². The van der Waals surface area contributed by atoms with Crippen molar-refractivity contribution in [3.05, 3.63) is 40.9 Å². The number of hydrogen-bond acceptors (Lipinski definition) is 9. The molecule has 11 heteroatoms. The minimum absolute atomic E-state index is 0.00426. The van der Waals surface area contributed by atoms with E-state index in [2.05, 4.69) is 25.6 Å². The molecule has 28 heavy (non-hydrogen) atoms. The Morgan fingerprint density at radius 1 is 1.14 bits per heavy atom. The van der Waals surface area contributed by atoms with Crippen LogP contribution < -0.4 is 0 Å². The van der Waals surface area contributed by atoms with E-state index in [1.165, 1.54) is 27.5 Å². The summed E-state index contributed by atoms with van der Waals surface area (Å²) < 4.78 is 5.70. The molecule has 0 saturated heterocycles. The molecule has 9 nitrogen and oxygen atoms in total. The Hall–Kier alpha value is -2.92. The van der Waals surface area contributed by atoms with Crippen molar-refractivity contribution in [2.24, 2.45) is 0 Å². The Balaban J connectivity index is 1.43. The molecule has 0 aliphatic rings. The Morgan fingerprint density at radius 2 is 1.93 bits per heavy atom. The smallest absolute Gasteiger partial charge is 0.257 e. The molecule has 0 aliphatic carbocycles. The quantitative estimate of drug-likeness (QED) is 0.436. The van der Waals surface area contributed by atoms with Crippen LogP contribution in [0, 0.1) is 0 Å². The monoisotopic (exact) mass is 415 g/mol. The number of carbonyl (C=O) groups is 1. The lowest BCUT2D eigenvalue weighted by Crippen LogP contribution is -2.34. The van der Waals surface area contributed by atoms with Crippen molar-refractivity contribution >= 4 is 28.6 Å². The summed E-state index contributed by atoms with van der Waals surface area (Å²) in [6.45, 7) is 2.83. The Bertz CT molecular complexity index is 1020. The number of tetrazole rings is 1. The maximum absolute atomic E-state index is 12.8. The van der Waals surface area contributed by atoms with Gasteiger partial charge in [0.2, 0.25) is 17.6 Å². The summed E-state index contributed by atoms with van der Waals surface area (Å²) in [5.74, 6) is 1.25. The predicted octanol–water partition coefficient (Wildman–Crippen LogP) is 2.95. The van der Waals surface area contributed by atoms with Gasteiger partial charge in [0.05, 0.1) is 16.3 Å². The lowest BCUT2D eigenvalue weighted by Gasteiger charge is -2.19. The van der Waals surface area contributed by atoms with Gasteiger partial charge in [-0.2, -0.15) is 4.80 Å². The highest BCUT2D eigenvalue weighted by atomic mass is 32.1. The van der Waals surface area contributed by atoms with Crippen LogP contribution in [0.5, 0.6) is 0 Å². The SMILES string of the molecule is CCCN(Cc1nnc(-c2cccs2)o1)C(=O)Cn1nnc(-c2cccs2)n1. The normalized spacial score (nSPS) is 11.0. The van der Waals surface area contributed by atoms with Crippen molar-refractivity contribution in [2.45, 2.75) is 26.4 Å². The first-order chi connectivity index (χ1) is 13.7. The standard InChI is InChI=1S/C17H17N7O2S2/c1-2-7-23(10-14-18-20-17(26-14)13-6-4-9-28-13)15(25)11-24-21-16(19-22-24)12-5-3-8-27-12/h3-6,8-9H,2,7,10-11H2,1H3. The van der Waals surface area contributed by atoms with Crippen LogP contribution in [-0.2, 0) is 17.9 Å². The second-order valence-corrected chi connectivity index (χ2v) is 7.81. The van der Waals surface area contributed by atoms with Crippen molar-refractivity contribution < 1.29 is 9.21 Å². The number of aromatic nitrogens is 6. The van der Waals surface area contributed by atoms with E-state index in [1.807, 2.05) is 41.9 Å². The first-order valence-electron chi connectivity index (χ1n) is 8.68. The van der Waals surface area contributed by atoms with Crippen LogP contribution in [0.1, 0.15) is 19.2 Å². The number of thiophene rings is 2. The molecular formula is C17H17N7O2S2. The zero-order valence-electron chi connectivity index (χ0n) is 15.1. The van der Waals surface area contributed by atoms with Gasteiger partial charge in [-0.15, -0.1) is 43.1 Å². The van der Waals surface area contributed by atoms with E-state index in [-0.39, 0.29) is 19.0 Å². The van der Waals surface area contributed by atoms with Crippen molar-refractivity contribution in [3.63, 3.8) is 0 Å². The summed E-state index contributed by atoms with van der Waals surface area (Å²) >= 11 is 3.05. The summed E-state index contributed by atoms with van der Waals surface area (Å²) in [5.41, 5.74) is 0. The lowest BCUT2D eigenvalue weighted by atomic mass is 10.3. The summed E-state index contributed by atoms with van der Waals surface area (Å²) in [6.07, 6.45) is 0.808. The van der Waals surface area contributed by atoms with Gasteiger partial charge in [0.25, 0.3) is 5.89 Å². The zero-order chi connectivity index (χ0) is 19.3. The number of rotatable bonds is 8. The third kappa shape index (κ3) is 4.15. The molecule has 144 valence electrons. The molecule has 4 aromatic heterocycles. The third-order valence-corrected chi connectivity index (χ3v) is 5.57. The molecule has 0 aliphatic heterocycles. The van der Waals surface area contributed by atoms with Gasteiger partial charge in [0.1, 0.15) is 6.54 Å². The van der Waals surface area contributed by atoms with Gasteiger partial charge < -0.3 is 9.32 Å². The van der Waals surface area contributed by atoms with Crippen molar-refractivity contribution in [1.29, 1.82) is 0 Å². The van der Waals surface area contributed by atoms with Crippen LogP contribution in [0.2, 0.25) is 0 Å². The second-order valence-electron chi connectivity index (χ2n) is 5.91. The van der Waals surface area contributed by atoms with Gasteiger partial charge >= 0.3 is 0 Å². The molecule has 4 aromatic rings.